The minimum atomic E-state index is -0.792. The number of carbonyl (C=O) groups is 3. The SMILES string of the molecule is C=CC(=O)N(C)c1ccc(C(=O)N2CCNC(=O)C2c2ccccc2Cl)cc1. The molecule has 0 spiro atoms. The molecular formula is C21H20ClN3O3. The second-order valence-electron chi connectivity index (χ2n) is 6.36. The molecule has 28 heavy (non-hydrogen) atoms. The number of benzene rings is 2. The van der Waals surface area contributed by atoms with Crippen LogP contribution in [0.3, 0.4) is 0 Å². The van der Waals surface area contributed by atoms with E-state index in [1.807, 2.05) is 0 Å². The van der Waals surface area contributed by atoms with Gasteiger partial charge in [0.2, 0.25) is 11.8 Å². The van der Waals surface area contributed by atoms with Crippen molar-refractivity contribution in [2.24, 2.45) is 0 Å². The summed E-state index contributed by atoms with van der Waals surface area (Å²) in [5.41, 5.74) is 1.65. The second kappa shape index (κ2) is 8.27. The highest BCUT2D eigenvalue weighted by Gasteiger charge is 2.35. The highest BCUT2D eigenvalue weighted by molar-refractivity contribution is 6.31. The van der Waals surface area contributed by atoms with Crippen LogP contribution in [-0.2, 0) is 9.59 Å². The van der Waals surface area contributed by atoms with Crippen molar-refractivity contribution in [2.75, 3.05) is 25.0 Å². The Labute approximate surface area is 168 Å². The van der Waals surface area contributed by atoms with Crippen LogP contribution in [0.25, 0.3) is 0 Å². The Kier molecular flexibility index (Phi) is 5.80. The zero-order valence-corrected chi connectivity index (χ0v) is 16.1. The molecule has 2 aromatic carbocycles. The van der Waals surface area contributed by atoms with Crippen LogP contribution in [0.15, 0.2) is 61.2 Å². The number of hydrogen-bond donors (Lipinski definition) is 1. The van der Waals surface area contributed by atoms with Gasteiger partial charge in [-0.05, 0) is 36.4 Å². The van der Waals surface area contributed by atoms with E-state index in [9.17, 15) is 14.4 Å². The molecule has 1 saturated heterocycles. The first kappa shape index (κ1) is 19.6. The molecular weight excluding hydrogens is 378 g/mol. The average molecular weight is 398 g/mol. The van der Waals surface area contributed by atoms with E-state index in [2.05, 4.69) is 11.9 Å². The summed E-state index contributed by atoms with van der Waals surface area (Å²) in [6.45, 7) is 4.21. The number of rotatable bonds is 4. The molecule has 1 unspecified atom stereocenters. The van der Waals surface area contributed by atoms with Crippen LogP contribution in [0, 0.1) is 0 Å². The van der Waals surface area contributed by atoms with Crippen LogP contribution in [0.5, 0.6) is 0 Å². The fourth-order valence-electron chi connectivity index (χ4n) is 3.15. The number of halogens is 1. The van der Waals surface area contributed by atoms with Crippen molar-refractivity contribution in [3.8, 4) is 0 Å². The Bertz CT molecular complexity index is 927. The van der Waals surface area contributed by atoms with E-state index in [1.165, 1.54) is 15.9 Å². The molecule has 0 aromatic heterocycles. The molecule has 6 nitrogen and oxygen atoms in total. The van der Waals surface area contributed by atoms with Crippen LogP contribution in [0.4, 0.5) is 5.69 Å². The third-order valence-electron chi connectivity index (χ3n) is 4.68. The lowest BCUT2D eigenvalue weighted by Crippen LogP contribution is -2.52. The van der Waals surface area contributed by atoms with Gasteiger partial charge in [-0.25, -0.2) is 0 Å². The van der Waals surface area contributed by atoms with Gasteiger partial charge < -0.3 is 15.1 Å². The molecule has 2 aromatic rings. The van der Waals surface area contributed by atoms with Gasteiger partial charge in [0, 0.05) is 42.0 Å². The molecule has 1 atom stereocenters. The van der Waals surface area contributed by atoms with Crippen molar-refractivity contribution in [2.45, 2.75) is 6.04 Å². The summed E-state index contributed by atoms with van der Waals surface area (Å²) in [7, 11) is 1.63. The fraction of sp³-hybridized carbons (Fsp3) is 0.190. The molecule has 1 fully saturated rings. The third-order valence-corrected chi connectivity index (χ3v) is 5.02. The van der Waals surface area contributed by atoms with Crippen molar-refractivity contribution in [3.63, 3.8) is 0 Å². The summed E-state index contributed by atoms with van der Waals surface area (Å²) in [6, 6.07) is 12.9. The topological polar surface area (TPSA) is 69.7 Å². The van der Waals surface area contributed by atoms with Gasteiger partial charge >= 0.3 is 0 Å². The smallest absolute Gasteiger partial charge is 0.254 e. The summed E-state index contributed by atoms with van der Waals surface area (Å²) in [5, 5.41) is 3.22. The maximum Gasteiger partial charge on any atom is 0.254 e. The van der Waals surface area contributed by atoms with E-state index in [-0.39, 0.29) is 17.7 Å². The standard InChI is InChI=1S/C21H20ClN3O3/c1-3-18(26)24(2)15-10-8-14(9-11-15)21(28)25-13-12-23-20(27)19(25)16-6-4-5-7-17(16)22/h3-11,19H,1,12-13H2,2H3,(H,23,27). The lowest BCUT2D eigenvalue weighted by atomic mass is 10.0. The lowest BCUT2D eigenvalue weighted by Gasteiger charge is -2.35. The van der Waals surface area contributed by atoms with E-state index >= 15 is 0 Å². The zero-order valence-electron chi connectivity index (χ0n) is 15.4. The van der Waals surface area contributed by atoms with Gasteiger partial charge in [0.05, 0.1) is 0 Å². The first-order valence-electron chi connectivity index (χ1n) is 8.77. The predicted octanol–water partition coefficient (Wildman–Crippen LogP) is 2.80. The summed E-state index contributed by atoms with van der Waals surface area (Å²) >= 11 is 6.27. The summed E-state index contributed by atoms with van der Waals surface area (Å²) in [4.78, 5) is 40.3. The van der Waals surface area contributed by atoms with Gasteiger partial charge in [0.25, 0.3) is 5.91 Å². The first-order valence-corrected chi connectivity index (χ1v) is 9.15. The van der Waals surface area contributed by atoms with E-state index in [1.54, 1.807) is 55.6 Å². The molecule has 1 heterocycles. The fourth-order valence-corrected chi connectivity index (χ4v) is 3.39. The average Bonchev–Trinajstić information content (AvgIpc) is 2.72. The molecule has 3 amide bonds. The summed E-state index contributed by atoms with van der Waals surface area (Å²) < 4.78 is 0. The van der Waals surface area contributed by atoms with Gasteiger partial charge in [-0.2, -0.15) is 0 Å². The summed E-state index contributed by atoms with van der Waals surface area (Å²) in [5.74, 6) is -0.782. The molecule has 1 aliphatic rings. The Morgan fingerprint density at radius 1 is 1.21 bits per heavy atom. The van der Waals surface area contributed by atoms with Crippen LogP contribution in [0.2, 0.25) is 5.02 Å². The van der Waals surface area contributed by atoms with E-state index in [0.717, 1.165) is 0 Å². The van der Waals surface area contributed by atoms with Crippen molar-refractivity contribution in [3.05, 3.63) is 77.3 Å². The number of hydrogen-bond acceptors (Lipinski definition) is 3. The Morgan fingerprint density at radius 2 is 1.89 bits per heavy atom. The molecule has 0 aliphatic carbocycles. The van der Waals surface area contributed by atoms with Crippen LogP contribution in [0.1, 0.15) is 22.0 Å². The van der Waals surface area contributed by atoms with Gasteiger partial charge in [-0.3, -0.25) is 14.4 Å². The van der Waals surface area contributed by atoms with Crippen molar-refractivity contribution in [1.82, 2.24) is 10.2 Å². The minimum Gasteiger partial charge on any atom is -0.352 e. The van der Waals surface area contributed by atoms with E-state index in [4.69, 9.17) is 11.6 Å². The zero-order chi connectivity index (χ0) is 20.3. The number of amides is 3. The van der Waals surface area contributed by atoms with Gasteiger partial charge in [0.1, 0.15) is 6.04 Å². The van der Waals surface area contributed by atoms with Crippen molar-refractivity contribution >= 4 is 35.0 Å². The Morgan fingerprint density at radius 3 is 2.54 bits per heavy atom. The molecule has 0 bridgehead atoms. The molecule has 0 saturated carbocycles. The van der Waals surface area contributed by atoms with Gasteiger partial charge in [-0.1, -0.05) is 36.4 Å². The highest BCUT2D eigenvalue weighted by atomic mass is 35.5. The third kappa shape index (κ3) is 3.77. The van der Waals surface area contributed by atoms with E-state index < -0.39 is 6.04 Å². The molecule has 3 rings (SSSR count). The quantitative estimate of drug-likeness (QED) is 0.806. The lowest BCUT2D eigenvalue weighted by molar-refractivity contribution is -0.128. The summed E-state index contributed by atoms with van der Waals surface area (Å²) in [6.07, 6.45) is 1.22. The Hall–Kier alpha value is -3.12. The number of nitrogens with zero attached hydrogens (tertiary/aromatic N) is 2. The van der Waals surface area contributed by atoms with Gasteiger partial charge in [0.15, 0.2) is 0 Å². The van der Waals surface area contributed by atoms with Crippen molar-refractivity contribution in [1.29, 1.82) is 0 Å². The van der Waals surface area contributed by atoms with E-state index in [0.29, 0.717) is 34.9 Å². The number of nitrogens with one attached hydrogen (secondary N) is 1. The van der Waals surface area contributed by atoms with Crippen molar-refractivity contribution < 1.29 is 14.4 Å². The number of piperazine rings is 1. The number of carbonyl (C=O) groups excluding carboxylic acids is 3. The molecule has 0 radical (unpaired) electrons. The maximum absolute atomic E-state index is 13.1. The van der Waals surface area contributed by atoms with Crippen LogP contribution >= 0.6 is 11.6 Å². The molecule has 7 heteroatoms. The number of anilines is 1. The first-order chi connectivity index (χ1) is 13.4. The van der Waals surface area contributed by atoms with Crippen LogP contribution in [-0.4, -0.2) is 42.8 Å². The molecule has 1 aliphatic heterocycles. The largest absolute Gasteiger partial charge is 0.352 e. The predicted molar refractivity (Wildman–Crippen MR) is 108 cm³/mol. The molecule has 144 valence electrons. The number of likely N-dealkylation sites (N-methyl/N-ethyl adjacent to an activating group) is 1. The maximum atomic E-state index is 13.1. The molecule has 1 N–H and O–H groups in total. The van der Waals surface area contributed by atoms with Crippen LogP contribution < -0.4 is 10.2 Å². The normalized spacial score (nSPS) is 16.3. The minimum absolute atomic E-state index is 0.245. The monoisotopic (exact) mass is 397 g/mol. The van der Waals surface area contributed by atoms with Gasteiger partial charge in [-0.15, -0.1) is 0 Å². The Balaban J connectivity index is 1.89. The highest BCUT2D eigenvalue weighted by Crippen LogP contribution is 2.30. The second-order valence-corrected chi connectivity index (χ2v) is 6.77.